The number of fused-ring (bicyclic) bond motifs is 2. The van der Waals surface area contributed by atoms with Gasteiger partial charge in [0.05, 0.1) is 16.8 Å². The van der Waals surface area contributed by atoms with Crippen LogP contribution in [0.25, 0.3) is 10.9 Å². The Morgan fingerprint density at radius 2 is 2.00 bits per heavy atom. The molecular formula is C21H18F2N2O. The van der Waals surface area contributed by atoms with Crippen molar-refractivity contribution in [3.63, 3.8) is 0 Å². The molecule has 132 valence electrons. The molecule has 0 bridgehead atoms. The summed E-state index contributed by atoms with van der Waals surface area (Å²) in [7, 11) is 0. The lowest BCUT2D eigenvalue weighted by molar-refractivity contribution is 0.102. The first-order valence-electron chi connectivity index (χ1n) is 8.70. The maximum atomic E-state index is 14.0. The monoisotopic (exact) mass is 352 g/mol. The summed E-state index contributed by atoms with van der Waals surface area (Å²) in [5.74, 6) is -1.40. The summed E-state index contributed by atoms with van der Waals surface area (Å²) >= 11 is 0. The minimum absolute atomic E-state index is 0.0325. The zero-order chi connectivity index (χ0) is 18.3. The normalized spacial score (nSPS) is 16.3. The predicted octanol–water partition coefficient (Wildman–Crippen LogP) is 4.89. The minimum atomic E-state index is -0.793. The number of nitrogens with one attached hydrogen (secondary N) is 1. The highest BCUT2D eigenvalue weighted by molar-refractivity contribution is 6.13. The molecule has 0 unspecified atom stereocenters. The third-order valence-electron chi connectivity index (χ3n) is 4.91. The zero-order valence-corrected chi connectivity index (χ0v) is 14.4. The third kappa shape index (κ3) is 2.94. The van der Waals surface area contributed by atoms with Crippen LogP contribution in [0.15, 0.2) is 42.5 Å². The van der Waals surface area contributed by atoms with Crippen LogP contribution >= 0.6 is 0 Å². The van der Waals surface area contributed by atoms with Gasteiger partial charge < -0.3 is 5.32 Å². The number of rotatable bonds is 2. The van der Waals surface area contributed by atoms with Gasteiger partial charge in [-0.2, -0.15) is 0 Å². The van der Waals surface area contributed by atoms with Crippen LogP contribution < -0.4 is 5.32 Å². The van der Waals surface area contributed by atoms with Crippen LogP contribution in [0.4, 0.5) is 14.5 Å². The average molecular weight is 352 g/mol. The van der Waals surface area contributed by atoms with Crippen LogP contribution in [0.1, 0.15) is 35.0 Å². The van der Waals surface area contributed by atoms with E-state index >= 15 is 0 Å². The van der Waals surface area contributed by atoms with E-state index in [4.69, 9.17) is 4.98 Å². The Morgan fingerprint density at radius 3 is 2.81 bits per heavy atom. The summed E-state index contributed by atoms with van der Waals surface area (Å²) in [6.07, 6.45) is 2.63. The van der Waals surface area contributed by atoms with E-state index < -0.39 is 11.6 Å². The summed E-state index contributed by atoms with van der Waals surface area (Å²) in [5.41, 5.74) is 3.13. The molecule has 1 aliphatic carbocycles. The van der Waals surface area contributed by atoms with Crippen molar-refractivity contribution in [1.29, 1.82) is 0 Å². The number of halogens is 2. The molecule has 0 saturated carbocycles. The molecule has 4 rings (SSSR count). The van der Waals surface area contributed by atoms with Crippen LogP contribution in [-0.2, 0) is 12.8 Å². The van der Waals surface area contributed by atoms with Gasteiger partial charge in [0.1, 0.15) is 11.6 Å². The molecule has 1 aromatic heterocycles. The van der Waals surface area contributed by atoms with Gasteiger partial charge in [0, 0.05) is 17.1 Å². The van der Waals surface area contributed by atoms with Crippen molar-refractivity contribution in [2.75, 3.05) is 5.32 Å². The van der Waals surface area contributed by atoms with Crippen LogP contribution in [0.3, 0.4) is 0 Å². The fourth-order valence-electron chi connectivity index (χ4n) is 3.60. The van der Waals surface area contributed by atoms with Gasteiger partial charge in [0.2, 0.25) is 0 Å². The van der Waals surface area contributed by atoms with Crippen molar-refractivity contribution in [3.05, 3.63) is 70.9 Å². The van der Waals surface area contributed by atoms with E-state index in [1.807, 2.05) is 24.3 Å². The molecular weight excluding hydrogens is 334 g/mol. The number of para-hydroxylation sites is 1. The Bertz CT molecular complexity index is 1020. The number of carbonyl (C=O) groups is 1. The molecule has 3 nitrogen and oxygen atoms in total. The molecule has 0 spiro atoms. The molecule has 1 amide bonds. The van der Waals surface area contributed by atoms with E-state index in [0.29, 0.717) is 11.5 Å². The van der Waals surface area contributed by atoms with Crippen molar-refractivity contribution >= 4 is 22.5 Å². The predicted molar refractivity (Wildman–Crippen MR) is 97.2 cm³/mol. The van der Waals surface area contributed by atoms with Crippen LogP contribution in [0, 0.1) is 17.6 Å². The first-order valence-corrected chi connectivity index (χ1v) is 8.70. The quantitative estimate of drug-likeness (QED) is 0.713. The van der Waals surface area contributed by atoms with Gasteiger partial charge in [0.15, 0.2) is 0 Å². The number of hydrogen-bond donors (Lipinski definition) is 1. The molecule has 0 saturated heterocycles. The fraction of sp³-hybridized carbons (Fsp3) is 0.238. The number of aryl methyl sites for hydroxylation is 1. The maximum Gasteiger partial charge on any atom is 0.256 e. The second-order valence-electron chi connectivity index (χ2n) is 6.86. The molecule has 0 radical (unpaired) electrons. The Balaban J connectivity index is 1.84. The van der Waals surface area contributed by atoms with E-state index in [2.05, 4.69) is 12.2 Å². The Kier molecular flexibility index (Phi) is 4.15. The summed E-state index contributed by atoms with van der Waals surface area (Å²) < 4.78 is 27.1. The van der Waals surface area contributed by atoms with Gasteiger partial charge in [-0.25, -0.2) is 8.78 Å². The van der Waals surface area contributed by atoms with E-state index in [-0.39, 0.29) is 11.6 Å². The molecule has 5 heteroatoms. The van der Waals surface area contributed by atoms with Gasteiger partial charge in [0.25, 0.3) is 5.91 Å². The number of anilines is 1. The third-order valence-corrected chi connectivity index (χ3v) is 4.91. The summed E-state index contributed by atoms with van der Waals surface area (Å²) in [6.45, 7) is 2.15. The first kappa shape index (κ1) is 16.6. The second-order valence-corrected chi connectivity index (χ2v) is 6.86. The van der Waals surface area contributed by atoms with E-state index in [1.165, 1.54) is 6.07 Å². The number of nitrogens with zero attached hydrogens (tertiary/aromatic N) is 1. The second kappa shape index (κ2) is 6.48. The van der Waals surface area contributed by atoms with Crippen molar-refractivity contribution in [1.82, 2.24) is 4.98 Å². The van der Waals surface area contributed by atoms with E-state index in [9.17, 15) is 13.6 Å². The van der Waals surface area contributed by atoms with Crippen LogP contribution in [0.5, 0.6) is 0 Å². The number of amides is 1. The summed E-state index contributed by atoms with van der Waals surface area (Å²) in [6, 6.07) is 10.6. The highest BCUT2D eigenvalue weighted by atomic mass is 19.1. The highest BCUT2D eigenvalue weighted by Crippen LogP contribution is 2.32. The molecule has 26 heavy (non-hydrogen) atoms. The average Bonchev–Trinajstić information content (AvgIpc) is 2.62. The SMILES string of the molecule is C[C@H]1CCc2nc3ccccc3c(C(=O)Nc3ccc(F)cc3F)c2C1. The van der Waals surface area contributed by atoms with Gasteiger partial charge >= 0.3 is 0 Å². The number of pyridine rings is 1. The van der Waals surface area contributed by atoms with Gasteiger partial charge in [-0.15, -0.1) is 0 Å². The molecule has 1 aliphatic rings. The first-order chi connectivity index (χ1) is 12.5. The van der Waals surface area contributed by atoms with Gasteiger partial charge in [-0.05, 0) is 48.9 Å². The standard InChI is InChI=1S/C21H18F2N2O/c1-12-6-8-18-15(10-12)20(14-4-2-3-5-17(14)24-18)21(26)25-19-9-7-13(22)11-16(19)23/h2-5,7,9,11-12H,6,8,10H2,1H3,(H,25,26)/t12-/m0/s1. The Labute approximate surface area is 150 Å². The van der Waals surface area contributed by atoms with E-state index in [0.717, 1.165) is 53.6 Å². The van der Waals surface area contributed by atoms with Crippen LogP contribution in [0.2, 0.25) is 0 Å². The highest BCUT2D eigenvalue weighted by Gasteiger charge is 2.25. The number of benzene rings is 2. The van der Waals surface area contributed by atoms with Crippen molar-refractivity contribution in [2.45, 2.75) is 26.2 Å². The molecule has 1 N–H and O–H groups in total. The molecule has 0 aliphatic heterocycles. The molecule has 1 heterocycles. The largest absolute Gasteiger partial charge is 0.319 e. The molecule has 1 atom stereocenters. The zero-order valence-electron chi connectivity index (χ0n) is 14.4. The lowest BCUT2D eigenvalue weighted by Gasteiger charge is -2.24. The number of aromatic nitrogens is 1. The molecule has 3 aromatic rings. The van der Waals surface area contributed by atoms with Crippen molar-refractivity contribution in [3.8, 4) is 0 Å². The minimum Gasteiger partial charge on any atom is -0.319 e. The summed E-state index contributed by atoms with van der Waals surface area (Å²) in [5, 5.41) is 3.35. The lowest BCUT2D eigenvalue weighted by atomic mass is 9.84. The topological polar surface area (TPSA) is 42.0 Å². The van der Waals surface area contributed by atoms with Crippen LogP contribution in [-0.4, -0.2) is 10.9 Å². The molecule has 0 fully saturated rings. The van der Waals surface area contributed by atoms with E-state index in [1.54, 1.807) is 0 Å². The van der Waals surface area contributed by atoms with Gasteiger partial charge in [-0.1, -0.05) is 25.1 Å². The number of hydrogen-bond acceptors (Lipinski definition) is 2. The fourth-order valence-corrected chi connectivity index (χ4v) is 3.60. The smallest absolute Gasteiger partial charge is 0.256 e. The van der Waals surface area contributed by atoms with Gasteiger partial charge in [-0.3, -0.25) is 9.78 Å². The Hall–Kier alpha value is -2.82. The van der Waals surface area contributed by atoms with Crippen molar-refractivity contribution in [2.24, 2.45) is 5.92 Å². The number of carbonyl (C=O) groups excluding carboxylic acids is 1. The summed E-state index contributed by atoms with van der Waals surface area (Å²) in [4.78, 5) is 17.8. The van der Waals surface area contributed by atoms with Crippen molar-refractivity contribution < 1.29 is 13.6 Å². The molecule has 2 aromatic carbocycles. The Morgan fingerprint density at radius 1 is 1.19 bits per heavy atom. The lowest BCUT2D eigenvalue weighted by Crippen LogP contribution is -2.22. The maximum absolute atomic E-state index is 14.0.